The zero-order valence-corrected chi connectivity index (χ0v) is 11.3. The molecule has 1 aromatic heterocycles. The minimum absolute atomic E-state index is 0.971. The van der Waals surface area contributed by atoms with E-state index in [1.807, 2.05) is 6.26 Å². The molecule has 1 nitrogen and oxygen atoms in total. The molecule has 0 radical (unpaired) electrons. The van der Waals surface area contributed by atoms with Crippen LogP contribution < -0.4 is 0 Å². The average Bonchev–Trinajstić information content (AvgIpc) is 2.92. The number of benzene rings is 3. The zero-order chi connectivity index (χ0) is 13.5. The normalized spacial score (nSPS) is 11.2. The Morgan fingerprint density at radius 1 is 0.750 bits per heavy atom. The van der Waals surface area contributed by atoms with Crippen molar-refractivity contribution in [1.82, 2.24) is 0 Å². The third-order valence-electron chi connectivity index (χ3n) is 3.83. The van der Waals surface area contributed by atoms with Crippen LogP contribution in [0.5, 0.6) is 0 Å². The zero-order valence-electron chi connectivity index (χ0n) is 11.3. The van der Waals surface area contributed by atoms with Gasteiger partial charge in [0.15, 0.2) is 0 Å². The van der Waals surface area contributed by atoms with E-state index in [1.165, 1.54) is 27.3 Å². The highest BCUT2D eigenvalue weighted by atomic mass is 16.3. The monoisotopic (exact) mass is 258 g/mol. The lowest BCUT2D eigenvalue weighted by molar-refractivity contribution is 0.620. The predicted molar refractivity (Wildman–Crippen MR) is 83.9 cm³/mol. The van der Waals surface area contributed by atoms with Gasteiger partial charge in [-0.2, -0.15) is 0 Å². The number of hydrogen-bond acceptors (Lipinski definition) is 1. The molecule has 1 heterocycles. The topological polar surface area (TPSA) is 13.1 Å². The van der Waals surface area contributed by atoms with Gasteiger partial charge in [-0.3, -0.25) is 0 Å². The van der Waals surface area contributed by atoms with Crippen molar-refractivity contribution in [2.75, 3.05) is 0 Å². The summed E-state index contributed by atoms with van der Waals surface area (Å²) in [7, 11) is 0. The van der Waals surface area contributed by atoms with E-state index < -0.39 is 0 Å². The van der Waals surface area contributed by atoms with Crippen molar-refractivity contribution >= 4 is 21.7 Å². The SMILES string of the molecule is Cc1ccc(-c2coc3c2ccc2ccccc23)cc1. The highest BCUT2D eigenvalue weighted by Gasteiger charge is 2.10. The molecule has 96 valence electrons. The smallest absolute Gasteiger partial charge is 0.142 e. The van der Waals surface area contributed by atoms with Crippen LogP contribution in [0.1, 0.15) is 5.56 Å². The molecule has 3 aromatic carbocycles. The molecule has 0 bridgehead atoms. The van der Waals surface area contributed by atoms with Gasteiger partial charge in [-0.25, -0.2) is 0 Å². The molecule has 0 fully saturated rings. The van der Waals surface area contributed by atoms with Gasteiger partial charge in [0.05, 0.1) is 6.26 Å². The largest absolute Gasteiger partial charge is 0.463 e. The van der Waals surface area contributed by atoms with E-state index in [9.17, 15) is 0 Å². The summed E-state index contributed by atoms with van der Waals surface area (Å²) in [5.41, 5.74) is 4.60. The van der Waals surface area contributed by atoms with Crippen molar-refractivity contribution in [3.05, 3.63) is 72.5 Å². The average molecular weight is 258 g/mol. The van der Waals surface area contributed by atoms with Crippen LogP contribution >= 0.6 is 0 Å². The third kappa shape index (κ3) is 1.64. The molecule has 0 aliphatic carbocycles. The highest BCUT2D eigenvalue weighted by Crippen LogP contribution is 2.34. The van der Waals surface area contributed by atoms with Crippen molar-refractivity contribution in [2.45, 2.75) is 6.92 Å². The maximum Gasteiger partial charge on any atom is 0.142 e. The molecule has 0 N–H and O–H groups in total. The Kier molecular flexibility index (Phi) is 2.40. The Balaban J connectivity index is 2.02. The van der Waals surface area contributed by atoms with Crippen molar-refractivity contribution in [3.8, 4) is 11.1 Å². The van der Waals surface area contributed by atoms with Crippen molar-refractivity contribution in [2.24, 2.45) is 0 Å². The van der Waals surface area contributed by atoms with Gasteiger partial charge in [-0.1, -0.05) is 60.2 Å². The predicted octanol–water partition coefficient (Wildman–Crippen LogP) is 5.56. The van der Waals surface area contributed by atoms with Gasteiger partial charge in [-0.05, 0) is 23.9 Å². The van der Waals surface area contributed by atoms with E-state index in [1.54, 1.807) is 0 Å². The Labute approximate surface area is 117 Å². The fraction of sp³-hybridized carbons (Fsp3) is 0.0526. The van der Waals surface area contributed by atoms with Gasteiger partial charge in [0.1, 0.15) is 5.58 Å². The molecule has 0 unspecified atom stereocenters. The molecule has 0 saturated heterocycles. The quantitative estimate of drug-likeness (QED) is 0.435. The van der Waals surface area contributed by atoms with Gasteiger partial charge < -0.3 is 4.42 Å². The second-order valence-corrected chi connectivity index (χ2v) is 5.18. The lowest BCUT2D eigenvalue weighted by atomic mass is 10.0. The first-order valence-electron chi connectivity index (χ1n) is 6.79. The maximum absolute atomic E-state index is 5.85. The summed E-state index contributed by atoms with van der Waals surface area (Å²) in [6.07, 6.45) is 1.86. The number of fused-ring (bicyclic) bond motifs is 3. The second kappa shape index (κ2) is 4.24. The molecule has 0 amide bonds. The Morgan fingerprint density at radius 2 is 1.55 bits per heavy atom. The standard InChI is InChI=1S/C19H14O/c1-13-6-8-15(9-7-13)18-12-20-19-16-5-3-2-4-14(16)10-11-17(18)19/h2-12H,1H3. The fourth-order valence-corrected chi connectivity index (χ4v) is 2.72. The first kappa shape index (κ1) is 11.3. The van der Waals surface area contributed by atoms with Crippen LogP contribution in [0.4, 0.5) is 0 Å². The van der Waals surface area contributed by atoms with Crippen LogP contribution in [0.25, 0.3) is 32.9 Å². The van der Waals surface area contributed by atoms with Crippen LogP contribution in [0.2, 0.25) is 0 Å². The number of hydrogen-bond donors (Lipinski definition) is 0. The van der Waals surface area contributed by atoms with E-state index in [4.69, 9.17) is 4.42 Å². The van der Waals surface area contributed by atoms with Crippen LogP contribution in [0, 0.1) is 6.92 Å². The molecule has 0 aliphatic heterocycles. The summed E-state index contributed by atoms with van der Waals surface area (Å²) in [5.74, 6) is 0. The molecule has 4 rings (SSSR count). The van der Waals surface area contributed by atoms with Crippen LogP contribution in [-0.2, 0) is 0 Å². The fourth-order valence-electron chi connectivity index (χ4n) is 2.72. The Bertz CT molecular complexity index is 898. The van der Waals surface area contributed by atoms with Crippen molar-refractivity contribution < 1.29 is 4.42 Å². The van der Waals surface area contributed by atoms with E-state index in [-0.39, 0.29) is 0 Å². The van der Waals surface area contributed by atoms with E-state index >= 15 is 0 Å². The molecular formula is C19H14O. The third-order valence-corrected chi connectivity index (χ3v) is 3.83. The molecule has 20 heavy (non-hydrogen) atoms. The van der Waals surface area contributed by atoms with Crippen LogP contribution in [-0.4, -0.2) is 0 Å². The number of aryl methyl sites for hydroxylation is 1. The molecule has 4 aromatic rings. The van der Waals surface area contributed by atoms with Crippen molar-refractivity contribution in [3.63, 3.8) is 0 Å². The molecular weight excluding hydrogens is 244 g/mol. The second-order valence-electron chi connectivity index (χ2n) is 5.18. The first-order chi connectivity index (χ1) is 9.83. The summed E-state index contributed by atoms with van der Waals surface area (Å²) in [4.78, 5) is 0. The summed E-state index contributed by atoms with van der Waals surface area (Å²) in [5, 5.41) is 3.56. The summed E-state index contributed by atoms with van der Waals surface area (Å²) in [6.45, 7) is 2.10. The van der Waals surface area contributed by atoms with Gasteiger partial charge >= 0.3 is 0 Å². The number of rotatable bonds is 1. The van der Waals surface area contributed by atoms with E-state index in [2.05, 4.69) is 67.6 Å². The molecule has 0 aliphatic rings. The molecule has 0 spiro atoms. The summed E-state index contributed by atoms with van der Waals surface area (Å²) >= 11 is 0. The van der Waals surface area contributed by atoms with Crippen LogP contribution in [0.3, 0.4) is 0 Å². The highest BCUT2D eigenvalue weighted by molar-refractivity contribution is 6.09. The van der Waals surface area contributed by atoms with E-state index in [0.717, 1.165) is 11.1 Å². The lowest BCUT2D eigenvalue weighted by Crippen LogP contribution is -1.77. The molecule has 1 heteroatoms. The minimum Gasteiger partial charge on any atom is -0.463 e. The lowest BCUT2D eigenvalue weighted by Gasteiger charge is -2.01. The molecule has 0 saturated carbocycles. The van der Waals surface area contributed by atoms with Gasteiger partial charge in [0.25, 0.3) is 0 Å². The molecule has 0 atom stereocenters. The maximum atomic E-state index is 5.85. The minimum atomic E-state index is 0.971. The summed E-state index contributed by atoms with van der Waals surface area (Å²) in [6, 6.07) is 21.2. The summed E-state index contributed by atoms with van der Waals surface area (Å²) < 4.78 is 5.85. The van der Waals surface area contributed by atoms with Crippen LogP contribution in [0.15, 0.2) is 71.3 Å². The Morgan fingerprint density at radius 3 is 2.40 bits per heavy atom. The van der Waals surface area contributed by atoms with E-state index in [0.29, 0.717) is 0 Å². The first-order valence-corrected chi connectivity index (χ1v) is 6.79. The van der Waals surface area contributed by atoms with Gasteiger partial charge in [-0.15, -0.1) is 0 Å². The Hall–Kier alpha value is -2.54. The van der Waals surface area contributed by atoms with Gasteiger partial charge in [0.2, 0.25) is 0 Å². The van der Waals surface area contributed by atoms with Gasteiger partial charge in [0, 0.05) is 16.3 Å². The van der Waals surface area contributed by atoms with Crippen molar-refractivity contribution in [1.29, 1.82) is 0 Å². The number of furan rings is 1.